The Morgan fingerprint density at radius 2 is 1.70 bits per heavy atom. The van der Waals surface area contributed by atoms with Gasteiger partial charge in [-0.3, -0.25) is 19.6 Å². The summed E-state index contributed by atoms with van der Waals surface area (Å²) in [7, 11) is 0. The number of amides is 1. The first-order valence-corrected chi connectivity index (χ1v) is 18.1. The largest absolute Gasteiger partial charge is 0.379 e. The molecule has 1 unspecified atom stereocenters. The molecule has 260 valence electrons. The van der Waals surface area contributed by atoms with Gasteiger partial charge in [-0.1, -0.05) is 78.8 Å². The number of thioether (sulfide) groups is 1. The lowest BCUT2D eigenvalue weighted by Crippen LogP contribution is -2.40. The third-order valence-corrected chi connectivity index (χ3v) is 10.2. The number of hydrogen-bond donors (Lipinski definition) is 1. The molecule has 1 aliphatic rings. The molecule has 2 aromatic heterocycles. The average Bonchev–Trinajstić information content (AvgIpc) is 3.68. The van der Waals surface area contributed by atoms with Gasteiger partial charge in [-0.05, 0) is 58.5 Å². The van der Waals surface area contributed by atoms with Crippen molar-refractivity contribution in [2.24, 2.45) is 0 Å². The minimum atomic E-state index is -0.354. The van der Waals surface area contributed by atoms with Crippen LogP contribution in [0.1, 0.15) is 41.5 Å². The second-order valence-corrected chi connectivity index (χ2v) is 13.8. The van der Waals surface area contributed by atoms with Gasteiger partial charge in [0.15, 0.2) is 5.16 Å². The smallest absolute Gasteiger partial charge is 0.277 e. The number of nitrogens with zero attached hydrogens (tertiary/aromatic N) is 5. The van der Waals surface area contributed by atoms with Gasteiger partial charge in [-0.2, -0.15) is 10.1 Å². The highest BCUT2D eigenvalue weighted by Gasteiger charge is 2.21. The zero-order valence-corrected chi connectivity index (χ0v) is 29.5. The zero-order chi connectivity index (χ0) is 34.9. The molecule has 1 saturated heterocycles. The van der Waals surface area contributed by atoms with Crippen LogP contribution in [0.15, 0.2) is 101 Å². The minimum absolute atomic E-state index is 0.00451. The Hall–Kier alpha value is -4.29. The van der Waals surface area contributed by atoms with Crippen molar-refractivity contribution in [2.45, 2.75) is 43.3 Å². The molecule has 12 heteroatoms. The number of carbonyl (C=O) groups excluding carboxylic acids is 1. The lowest BCUT2D eigenvalue weighted by Gasteiger charge is -2.29. The SMILES string of the molecule is CC(c1cn[nH]c1)c1cn(CC(=O)N(CCCN2CCOCC2)Cc2ccc(-c3ccc(Cl)cc3)cc2)c(SCc2ccc(F)cc2)nc1=O. The van der Waals surface area contributed by atoms with Crippen LogP contribution < -0.4 is 5.56 Å². The van der Waals surface area contributed by atoms with E-state index in [-0.39, 0.29) is 29.7 Å². The zero-order valence-electron chi connectivity index (χ0n) is 27.9. The van der Waals surface area contributed by atoms with Crippen molar-refractivity contribution >= 4 is 29.3 Å². The molecule has 0 bridgehead atoms. The van der Waals surface area contributed by atoms with Crippen molar-refractivity contribution in [3.05, 3.63) is 135 Å². The molecule has 1 fully saturated rings. The summed E-state index contributed by atoms with van der Waals surface area (Å²) >= 11 is 7.44. The van der Waals surface area contributed by atoms with Crippen LogP contribution in [0.25, 0.3) is 11.1 Å². The summed E-state index contributed by atoms with van der Waals surface area (Å²) in [6.45, 7) is 7.01. The molecule has 1 atom stereocenters. The number of benzene rings is 3. The summed E-state index contributed by atoms with van der Waals surface area (Å²) in [5.74, 6) is -0.217. The van der Waals surface area contributed by atoms with E-state index in [9.17, 15) is 14.0 Å². The molecule has 9 nitrogen and oxygen atoms in total. The average molecular weight is 715 g/mol. The van der Waals surface area contributed by atoms with Crippen molar-refractivity contribution in [2.75, 3.05) is 39.4 Å². The Bertz CT molecular complexity index is 1900. The maximum Gasteiger partial charge on any atom is 0.277 e. The van der Waals surface area contributed by atoms with Crippen molar-refractivity contribution in [1.29, 1.82) is 0 Å². The van der Waals surface area contributed by atoms with E-state index in [1.54, 1.807) is 35.3 Å². The lowest BCUT2D eigenvalue weighted by atomic mass is 9.98. The second-order valence-electron chi connectivity index (χ2n) is 12.4. The highest BCUT2D eigenvalue weighted by molar-refractivity contribution is 7.98. The van der Waals surface area contributed by atoms with Crippen LogP contribution in [0.2, 0.25) is 5.02 Å². The van der Waals surface area contributed by atoms with Crippen LogP contribution >= 0.6 is 23.4 Å². The van der Waals surface area contributed by atoms with Crippen LogP contribution in [0, 0.1) is 5.82 Å². The summed E-state index contributed by atoms with van der Waals surface area (Å²) in [4.78, 5) is 36.3. The number of aromatic amines is 1. The fourth-order valence-electron chi connectivity index (χ4n) is 5.94. The number of ether oxygens (including phenoxy) is 1. The highest BCUT2D eigenvalue weighted by atomic mass is 35.5. The lowest BCUT2D eigenvalue weighted by molar-refractivity contribution is -0.132. The van der Waals surface area contributed by atoms with Crippen LogP contribution in [-0.4, -0.2) is 74.8 Å². The fraction of sp³-hybridized carbons (Fsp3) is 0.316. The summed E-state index contributed by atoms with van der Waals surface area (Å²) in [6.07, 6.45) is 6.01. The minimum Gasteiger partial charge on any atom is -0.379 e. The summed E-state index contributed by atoms with van der Waals surface area (Å²) in [5, 5.41) is 7.97. The molecule has 1 amide bonds. The van der Waals surface area contributed by atoms with Crippen molar-refractivity contribution in [3.63, 3.8) is 0 Å². The fourth-order valence-corrected chi connectivity index (χ4v) is 6.98. The van der Waals surface area contributed by atoms with E-state index in [0.717, 1.165) is 67.1 Å². The predicted octanol–water partition coefficient (Wildman–Crippen LogP) is 6.62. The van der Waals surface area contributed by atoms with Gasteiger partial charge in [0, 0.05) is 67.4 Å². The third kappa shape index (κ3) is 9.48. The molecule has 3 heterocycles. The number of halogens is 2. The van der Waals surface area contributed by atoms with E-state index in [1.807, 2.05) is 36.1 Å². The summed E-state index contributed by atoms with van der Waals surface area (Å²) in [6, 6.07) is 22.2. The van der Waals surface area contributed by atoms with Crippen molar-refractivity contribution < 1.29 is 13.9 Å². The van der Waals surface area contributed by atoms with Crippen LogP contribution in [-0.2, 0) is 28.4 Å². The standard InChI is InChI=1S/C38H40ClFN6O3S/c1-27(32-21-41-42-22-32)35-24-46(38(43-37(35)48)50-26-29-5-13-34(40)14-6-29)25-36(47)45(16-2-15-44-17-19-49-20-18-44)23-28-3-7-30(8-4-28)31-9-11-33(39)12-10-31/h3-14,21-22,24,27H,2,15-20,23,25-26H2,1H3,(H,41,42). The molecular formula is C38H40ClFN6O3S. The summed E-state index contributed by atoms with van der Waals surface area (Å²) in [5.41, 5.74) is 4.99. The molecule has 1 N–H and O–H groups in total. The molecular weight excluding hydrogens is 675 g/mol. The van der Waals surface area contributed by atoms with Gasteiger partial charge in [0.05, 0.1) is 19.4 Å². The number of morpholine rings is 1. The molecule has 0 spiro atoms. The first kappa shape index (κ1) is 35.5. The summed E-state index contributed by atoms with van der Waals surface area (Å²) < 4.78 is 20.9. The monoisotopic (exact) mass is 714 g/mol. The number of hydrogen-bond acceptors (Lipinski definition) is 7. The van der Waals surface area contributed by atoms with Gasteiger partial charge < -0.3 is 14.2 Å². The number of carbonyl (C=O) groups is 1. The number of aromatic nitrogens is 4. The van der Waals surface area contributed by atoms with Gasteiger partial charge in [-0.15, -0.1) is 0 Å². The number of nitrogens with one attached hydrogen (secondary N) is 1. The maximum absolute atomic E-state index is 14.3. The van der Waals surface area contributed by atoms with E-state index in [1.165, 1.54) is 23.9 Å². The van der Waals surface area contributed by atoms with Crippen LogP contribution in [0.5, 0.6) is 0 Å². The van der Waals surface area contributed by atoms with E-state index >= 15 is 0 Å². The van der Waals surface area contributed by atoms with Crippen LogP contribution in [0.3, 0.4) is 0 Å². The number of rotatable bonds is 14. The first-order chi connectivity index (χ1) is 24.3. The van der Waals surface area contributed by atoms with Gasteiger partial charge in [0.2, 0.25) is 5.91 Å². The number of H-pyrrole nitrogens is 1. The Morgan fingerprint density at radius 3 is 2.38 bits per heavy atom. The molecule has 50 heavy (non-hydrogen) atoms. The Morgan fingerprint density at radius 1 is 1.02 bits per heavy atom. The normalized spacial score (nSPS) is 14.1. The molecule has 3 aromatic carbocycles. The topological polar surface area (TPSA) is 96.3 Å². The molecule has 5 aromatic rings. The van der Waals surface area contributed by atoms with Crippen molar-refractivity contribution in [1.82, 2.24) is 29.5 Å². The molecule has 0 aliphatic carbocycles. The van der Waals surface area contributed by atoms with E-state index in [2.05, 4.69) is 44.3 Å². The van der Waals surface area contributed by atoms with E-state index < -0.39 is 0 Å². The maximum atomic E-state index is 14.3. The van der Waals surface area contributed by atoms with E-state index in [4.69, 9.17) is 16.3 Å². The Labute approximate surface area is 300 Å². The van der Waals surface area contributed by atoms with Gasteiger partial charge in [0.25, 0.3) is 5.56 Å². The van der Waals surface area contributed by atoms with Crippen molar-refractivity contribution in [3.8, 4) is 11.1 Å². The Kier molecular flexibility index (Phi) is 12.1. The Balaban J connectivity index is 1.25. The van der Waals surface area contributed by atoms with Gasteiger partial charge >= 0.3 is 0 Å². The van der Waals surface area contributed by atoms with Crippen LogP contribution in [0.4, 0.5) is 4.39 Å². The second kappa shape index (κ2) is 17.1. The van der Waals surface area contributed by atoms with Gasteiger partial charge in [0.1, 0.15) is 12.4 Å². The third-order valence-electron chi connectivity index (χ3n) is 8.92. The molecule has 0 radical (unpaired) electrons. The predicted molar refractivity (Wildman–Crippen MR) is 195 cm³/mol. The van der Waals surface area contributed by atoms with E-state index in [0.29, 0.717) is 34.6 Å². The first-order valence-electron chi connectivity index (χ1n) is 16.7. The molecule has 6 rings (SSSR count). The molecule has 0 saturated carbocycles. The van der Waals surface area contributed by atoms with Gasteiger partial charge in [-0.25, -0.2) is 4.39 Å². The quantitative estimate of drug-likeness (QED) is 0.102. The molecule has 1 aliphatic heterocycles. The highest BCUT2D eigenvalue weighted by Crippen LogP contribution is 2.26.